The quantitative estimate of drug-likeness (QED) is 0.243. The second kappa shape index (κ2) is 11.6. The van der Waals surface area contributed by atoms with Crippen LogP contribution in [0.1, 0.15) is 72.2 Å². The molecule has 0 unspecified atom stereocenters. The Balaban J connectivity index is 1.74. The molecule has 0 fully saturated rings. The van der Waals surface area contributed by atoms with E-state index in [1.54, 1.807) is 0 Å². The maximum atomic E-state index is 13.8. The highest BCUT2D eigenvalue weighted by Gasteiger charge is 2.38. The molecule has 0 saturated heterocycles. The van der Waals surface area contributed by atoms with Crippen LogP contribution in [0.4, 0.5) is 5.69 Å². The van der Waals surface area contributed by atoms with Gasteiger partial charge in [-0.05, 0) is 117 Å². The number of carboxylic acid groups (broad SMARTS) is 1. The number of nitro groups is 1. The van der Waals surface area contributed by atoms with Gasteiger partial charge in [-0.1, -0.05) is 18.2 Å². The fraction of sp³-hybridized carbons (Fsp3) is 0.424. The Morgan fingerprint density at radius 3 is 2.39 bits per heavy atom. The van der Waals surface area contributed by atoms with Crippen LogP contribution in [-0.2, 0) is 38.9 Å². The number of aliphatic carboxylic acids is 1. The second-order valence-electron chi connectivity index (χ2n) is 12.4. The lowest BCUT2D eigenvalue weighted by Gasteiger charge is -2.35. The van der Waals surface area contributed by atoms with Gasteiger partial charge >= 0.3 is 5.97 Å². The van der Waals surface area contributed by atoms with Gasteiger partial charge in [-0.2, -0.15) is 4.31 Å². The first kappa shape index (κ1) is 31.6. The molecule has 234 valence electrons. The Morgan fingerprint density at radius 1 is 1.02 bits per heavy atom. The third-order valence-electron chi connectivity index (χ3n) is 8.55. The van der Waals surface area contributed by atoms with Crippen LogP contribution in [0.3, 0.4) is 0 Å². The molecule has 0 radical (unpaired) electrons. The highest BCUT2D eigenvalue weighted by molar-refractivity contribution is 7.89. The summed E-state index contributed by atoms with van der Waals surface area (Å²) in [6, 6.07) is 9.22. The third-order valence-corrected chi connectivity index (χ3v) is 10.4. The Kier molecular flexibility index (Phi) is 8.34. The molecule has 5 rings (SSSR count). The molecule has 2 heterocycles. The molecule has 0 aromatic heterocycles. The van der Waals surface area contributed by atoms with E-state index < -0.39 is 38.3 Å². The van der Waals surface area contributed by atoms with Gasteiger partial charge in [-0.25, -0.2) is 13.2 Å². The molecular formula is C33H38N2O8S. The SMILES string of the molecule is Cc1c(-c2c(C)c3c(c(C)c2[C@@H](OC(C)(C)C)C(=O)O)CCN(S(=O)(=O)c2ccccc2[N+](=O)[O-])C3)ccc2c1CCCO2. The van der Waals surface area contributed by atoms with Crippen LogP contribution in [-0.4, -0.2) is 47.5 Å². The van der Waals surface area contributed by atoms with Crippen molar-refractivity contribution >= 4 is 21.7 Å². The number of sulfonamides is 1. The molecule has 10 nitrogen and oxygen atoms in total. The standard InChI is InChI=1S/C33H38N2O8S/c1-19-23-10-9-17-42-27(23)14-13-24(19)29-21(3)25-18-34(44(40,41)28-12-8-7-11-26(28)35(38)39)16-15-22(25)20(2)30(29)31(32(36)37)43-33(4,5)6/h7-8,11-14,31H,9-10,15-18H2,1-6H3,(H,36,37)/t31-/m1/s1. The first-order valence-electron chi connectivity index (χ1n) is 14.7. The fourth-order valence-electron chi connectivity index (χ4n) is 6.51. The number of para-hydroxylation sites is 1. The first-order valence-corrected chi connectivity index (χ1v) is 16.1. The van der Waals surface area contributed by atoms with Gasteiger partial charge in [0.15, 0.2) is 11.0 Å². The molecule has 0 aliphatic carbocycles. The molecular weight excluding hydrogens is 584 g/mol. The van der Waals surface area contributed by atoms with Crippen molar-refractivity contribution in [2.24, 2.45) is 0 Å². The Bertz CT molecular complexity index is 1780. The van der Waals surface area contributed by atoms with Gasteiger partial charge in [0.2, 0.25) is 10.0 Å². The Morgan fingerprint density at radius 2 is 1.73 bits per heavy atom. The fourth-order valence-corrected chi connectivity index (χ4v) is 8.08. The summed E-state index contributed by atoms with van der Waals surface area (Å²) in [5, 5.41) is 22.2. The van der Waals surface area contributed by atoms with Crippen LogP contribution < -0.4 is 4.74 Å². The predicted octanol–water partition coefficient (Wildman–Crippen LogP) is 6.20. The lowest BCUT2D eigenvalue weighted by atomic mass is 9.79. The Hall–Kier alpha value is -3.80. The molecule has 11 heteroatoms. The molecule has 1 atom stereocenters. The van der Waals surface area contributed by atoms with Gasteiger partial charge in [-0.3, -0.25) is 10.1 Å². The number of nitro benzene ring substituents is 1. The summed E-state index contributed by atoms with van der Waals surface area (Å²) in [5.74, 6) is -0.298. The molecule has 0 spiro atoms. The minimum atomic E-state index is -4.22. The van der Waals surface area contributed by atoms with E-state index in [9.17, 15) is 28.4 Å². The van der Waals surface area contributed by atoms with Gasteiger partial charge in [0, 0.05) is 24.7 Å². The zero-order valence-electron chi connectivity index (χ0n) is 25.9. The van der Waals surface area contributed by atoms with Crippen molar-refractivity contribution in [2.75, 3.05) is 13.2 Å². The van der Waals surface area contributed by atoms with Crippen LogP contribution in [0, 0.1) is 30.9 Å². The van der Waals surface area contributed by atoms with Gasteiger partial charge in [-0.15, -0.1) is 0 Å². The molecule has 44 heavy (non-hydrogen) atoms. The number of carboxylic acids is 1. The largest absolute Gasteiger partial charge is 0.493 e. The summed E-state index contributed by atoms with van der Waals surface area (Å²) in [5.41, 5.74) is 6.05. The van der Waals surface area contributed by atoms with Crippen LogP contribution in [0.2, 0.25) is 0 Å². The van der Waals surface area contributed by atoms with Gasteiger partial charge in [0.05, 0.1) is 17.1 Å². The molecule has 2 aliphatic heterocycles. The van der Waals surface area contributed by atoms with Crippen molar-refractivity contribution in [3.05, 3.63) is 85.5 Å². The van der Waals surface area contributed by atoms with E-state index in [4.69, 9.17) is 9.47 Å². The first-order chi connectivity index (χ1) is 20.6. The Labute approximate surface area is 257 Å². The van der Waals surface area contributed by atoms with Gasteiger partial charge in [0.1, 0.15) is 5.75 Å². The van der Waals surface area contributed by atoms with Crippen LogP contribution in [0.25, 0.3) is 11.1 Å². The highest BCUT2D eigenvalue weighted by atomic mass is 32.2. The van der Waals surface area contributed by atoms with E-state index in [2.05, 4.69) is 0 Å². The number of nitrogens with zero attached hydrogens (tertiary/aromatic N) is 2. The van der Waals surface area contributed by atoms with Crippen molar-refractivity contribution in [1.82, 2.24) is 4.31 Å². The lowest BCUT2D eigenvalue weighted by Crippen LogP contribution is -2.37. The highest BCUT2D eigenvalue weighted by Crippen LogP contribution is 2.46. The molecule has 1 N–H and O–H groups in total. The maximum Gasteiger partial charge on any atom is 0.337 e. The average molecular weight is 623 g/mol. The van der Waals surface area contributed by atoms with Crippen molar-refractivity contribution in [3.63, 3.8) is 0 Å². The maximum absolute atomic E-state index is 13.8. The minimum absolute atomic E-state index is 0.00532. The van der Waals surface area contributed by atoms with Crippen molar-refractivity contribution < 1.29 is 32.7 Å². The van der Waals surface area contributed by atoms with Crippen molar-refractivity contribution in [1.29, 1.82) is 0 Å². The van der Waals surface area contributed by atoms with E-state index in [0.717, 1.165) is 57.5 Å². The van der Waals surface area contributed by atoms with Crippen LogP contribution >= 0.6 is 0 Å². The van der Waals surface area contributed by atoms with Gasteiger partial charge < -0.3 is 14.6 Å². The number of fused-ring (bicyclic) bond motifs is 2. The van der Waals surface area contributed by atoms with Gasteiger partial charge in [0.25, 0.3) is 5.69 Å². The molecule has 0 bridgehead atoms. The van der Waals surface area contributed by atoms with Crippen molar-refractivity contribution in [2.45, 2.75) is 84.0 Å². The number of hydrogen-bond donors (Lipinski definition) is 1. The number of carbonyl (C=O) groups is 1. The lowest BCUT2D eigenvalue weighted by molar-refractivity contribution is -0.387. The number of ether oxygens (including phenoxy) is 2. The molecule has 0 amide bonds. The summed E-state index contributed by atoms with van der Waals surface area (Å²) >= 11 is 0. The average Bonchev–Trinajstić information content (AvgIpc) is 2.97. The smallest absolute Gasteiger partial charge is 0.337 e. The third kappa shape index (κ3) is 5.60. The van der Waals surface area contributed by atoms with Crippen LogP contribution in [0.15, 0.2) is 41.3 Å². The number of benzene rings is 3. The predicted molar refractivity (Wildman–Crippen MR) is 166 cm³/mol. The summed E-state index contributed by atoms with van der Waals surface area (Å²) in [7, 11) is -4.22. The topological polar surface area (TPSA) is 136 Å². The normalized spacial score (nSPS) is 16.0. The molecule has 3 aromatic rings. The van der Waals surface area contributed by atoms with Crippen molar-refractivity contribution in [3.8, 4) is 16.9 Å². The monoisotopic (exact) mass is 622 g/mol. The van der Waals surface area contributed by atoms with E-state index >= 15 is 0 Å². The summed E-state index contributed by atoms with van der Waals surface area (Å²) < 4.78 is 41.0. The van der Waals surface area contributed by atoms with E-state index in [0.29, 0.717) is 24.2 Å². The number of rotatable bonds is 7. The van der Waals surface area contributed by atoms with E-state index in [1.165, 1.54) is 28.6 Å². The van der Waals surface area contributed by atoms with Crippen LogP contribution in [0.5, 0.6) is 5.75 Å². The second-order valence-corrected chi connectivity index (χ2v) is 14.3. The molecule has 2 aliphatic rings. The van der Waals surface area contributed by atoms with E-state index in [-0.39, 0.29) is 18.0 Å². The summed E-state index contributed by atoms with van der Waals surface area (Å²) in [6.07, 6.45) is 0.745. The zero-order chi connectivity index (χ0) is 32.1. The van der Waals surface area contributed by atoms with E-state index in [1.807, 2.05) is 53.7 Å². The molecule has 0 saturated carbocycles. The minimum Gasteiger partial charge on any atom is -0.493 e. The zero-order valence-corrected chi connectivity index (χ0v) is 26.7. The molecule has 3 aromatic carbocycles. The summed E-state index contributed by atoms with van der Waals surface area (Å²) in [6.45, 7) is 11.9. The number of hydrogen-bond acceptors (Lipinski definition) is 7. The summed E-state index contributed by atoms with van der Waals surface area (Å²) in [4.78, 5) is 23.5.